The van der Waals surface area contributed by atoms with Gasteiger partial charge in [-0.1, -0.05) is 31.7 Å². The monoisotopic (exact) mass is 312 g/mol. The molecule has 3 N–H and O–H groups in total. The lowest BCUT2D eigenvalue weighted by molar-refractivity contribution is 0.401. The van der Waals surface area contributed by atoms with Gasteiger partial charge in [0.05, 0.1) is 7.11 Å². The summed E-state index contributed by atoms with van der Waals surface area (Å²) in [7, 11) is -2.09. The van der Waals surface area contributed by atoms with Gasteiger partial charge >= 0.3 is 0 Å². The van der Waals surface area contributed by atoms with Crippen molar-refractivity contribution in [2.75, 3.05) is 7.11 Å². The highest BCUT2D eigenvalue weighted by Crippen LogP contribution is 2.26. The van der Waals surface area contributed by atoms with E-state index >= 15 is 0 Å². The summed E-state index contributed by atoms with van der Waals surface area (Å²) in [5, 5.41) is 0. The largest absolute Gasteiger partial charge is 0.495 e. The van der Waals surface area contributed by atoms with E-state index in [0.717, 1.165) is 31.2 Å². The van der Waals surface area contributed by atoms with Gasteiger partial charge in [0.1, 0.15) is 10.6 Å². The van der Waals surface area contributed by atoms with Gasteiger partial charge < -0.3 is 10.5 Å². The number of rotatable bonds is 5. The van der Waals surface area contributed by atoms with Crippen LogP contribution in [0.25, 0.3) is 0 Å². The Labute approximate surface area is 126 Å². The Bertz CT molecular complexity index is 564. The van der Waals surface area contributed by atoms with Crippen LogP contribution in [0.3, 0.4) is 0 Å². The van der Waals surface area contributed by atoms with E-state index in [1.54, 1.807) is 18.2 Å². The molecule has 1 aromatic rings. The molecular formula is C15H24N2O3S. The zero-order chi connectivity index (χ0) is 15.3. The van der Waals surface area contributed by atoms with E-state index in [1.807, 2.05) is 0 Å². The van der Waals surface area contributed by atoms with Crippen LogP contribution in [0.1, 0.15) is 44.1 Å². The number of benzene rings is 1. The number of sulfonamides is 1. The van der Waals surface area contributed by atoms with Crippen LogP contribution in [0.15, 0.2) is 23.1 Å². The minimum absolute atomic E-state index is 0.0244. The first-order valence-electron chi connectivity index (χ1n) is 7.46. The van der Waals surface area contributed by atoms with Crippen molar-refractivity contribution in [3.63, 3.8) is 0 Å². The van der Waals surface area contributed by atoms with Gasteiger partial charge in [0, 0.05) is 12.6 Å². The number of nitrogens with two attached hydrogens (primary N) is 1. The standard InChI is InChI=1S/C15H24N2O3S/c1-20-14-10-12(11-16)8-9-15(14)21(18,19)17-13-6-4-2-3-5-7-13/h8-10,13,17H,2-7,11,16H2,1H3. The summed E-state index contributed by atoms with van der Waals surface area (Å²) in [5.74, 6) is 0.346. The van der Waals surface area contributed by atoms with Crippen molar-refractivity contribution in [1.82, 2.24) is 4.72 Å². The van der Waals surface area contributed by atoms with E-state index in [-0.39, 0.29) is 10.9 Å². The fourth-order valence-electron chi connectivity index (χ4n) is 2.74. The maximum Gasteiger partial charge on any atom is 0.244 e. The lowest BCUT2D eigenvalue weighted by atomic mass is 10.1. The van der Waals surface area contributed by atoms with Gasteiger partial charge in [-0.3, -0.25) is 0 Å². The van der Waals surface area contributed by atoms with Crippen molar-refractivity contribution in [2.24, 2.45) is 5.73 Å². The second kappa shape index (κ2) is 7.24. The summed E-state index contributed by atoms with van der Waals surface area (Å²) in [5.41, 5.74) is 6.43. The third kappa shape index (κ3) is 4.18. The van der Waals surface area contributed by atoms with Crippen LogP contribution in [-0.4, -0.2) is 21.6 Å². The SMILES string of the molecule is COc1cc(CN)ccc1S(=O)(=O)NC1CCCCCC1. The minimum atomic E-state index is -3.56. The lowest BCUT2D eigenvalue weighted by Crippen LogP contribution is -2.34. The molecule has 118 valence electrons. The Morgan fingerprint density at radius 3 is 2.48 bits per heavy atom. The third-order valence-electron chi connectivity index (χ3n) is 3.93. The fourth-order valence-corrected chi connectivity index (χ4v) is 4.20. The van der Waals surface area contributed by atoms with E-state index in [9.17, 15) is 8.42 Å². The van der Waals surface area contributed by atoms with Crippen molar-refractivity contribution in [2.45, 2.75) is 56.0 Å². The van der Waals surface area contributed by atoms with Crippen molar-refractivity contribution >= 4 is 10.0 Å². The number of methoxy groups -OCH3 is 1. The fraction of sp³-hybridized carbons (Fsp3) is 0.600. The molecule has 0 heterocycles. The average molecular weight is 312 g/mol. The van der Waals surface area contributed by atoms with E-state index in [4.69, 9.17) is 10.5 Å². The molecule has 0 aliphatic heterocycles. The molecule has 1 saturated carbocycles. The summed E-state index contributed by atoms with van der Waals surface area (Å²) in [6.45, 7) is 0.354. The highest BCUT2D eigenvalue weighted by Gasteiger charge is 2.24. The van der Waals surface area contributed by atoms with Crippen LogP contribution in [0.2, 0.25) is 0 Å². The highest BCUT2D eigenvalue weighted by molar-refractivity contribution is 7.89. The average Bonchev–Trinajstić information content (AvgIpc) is 2.74. The summed E-state index contributed by atoms with van der Waals surface area (Å²) >= 11 is 0. The number of nitrogens with one attached hydrogen (secondary N) is 1. The molecule has 1 aromatic carbocycles. The van der Waals surface area contributed by atoms with Crippen molar-refractivity contribution in [3.8, 4) is 5.75 Å². The van der Waals surface area contributed by atoms with Crippen molar-refractivity contribution in [3.05, 3.63) is 23.8 Å². The molecule has 0 amide bonds. The Balaban J connectivity index is 2.22. The predicted octanol–water partition coefficient (Wildman–Crippen LogP) is 2.16. The minimum Gasteiger partial charge on any atom is -0.495 e. The molecule has 0 spiro atoms. The van der Waals surface area contributed by atoms with Gasteiger partial charge in [0.25, 0.3) is 0 Å². The summed E-state index contributed by atoms with van der Waals surface area (Å²) in [6.07, 6.45) is 6.34. The maximum atomic E-state index is 12.6. The zero-order valence-corrected chi connectivity index (χ0v) is 13.3. The van der Waals surface area contributed by atoms with E-state index in [1.165, 1.54) is 20.0 Å². The van der Waals surface area contributed by atoms with Crippen LogP contribution in [0.4, 0.5) is 0 Å². The molecule has 1 aliphatic carbocycles. The Morgan fingerprint density at radius 2 is 1.90 bits per heavy atom. The molecule has 0 bridgehead atoms. The summed E-state index contributed by atoms with van der Waals surface area (Å²) in [4.78, 5) is 0.187. The molecule has 21 heavy (non-hydrogen) atoms. The molecule has 6 heteroatoms. The van der Waals surface area contributed by atoms with Crippen LogP contribution in [0, 0.1) is 0 Å². The molecule has 0 aromatic heterocycles. The normalized spacial score (nSPS) is 17.4. The molecular weight excluding hydrogens is 288 g/mol. The Hall–Kier alpha value is -1.11. The highest BCUT2D eigenvalue weighted by atomic mass is 32.2. The molecule has 0 saturated heterocycles. The van der Waals surface area contributed by atoms with E-state index < -0.39 is 10.0 Å². The lowest BCUT2D eigenvalue weighted by Gasteiger charge is -2.18. The predicted molar refractivity (Wildman–Crippen MR) is 82.7 cm³/mol. The van der Waals surface area contributed by atoms with Gasteiger partial charge in [-0.15, -0.1) is 0 Å². The number of ether oxygens (including phenoxy) is 1. The molecule has 0 radical (unpaired) electrons. The molecule has 0 unspecified atom stereocenters. The van der Waals surface area contributed by atoms with Gasteiger partial charge in [-0.25, -0.2) is 13.1 Å². The quantitative estimate of drug-likeness (QED) is 0.816. The Kier molecular flexibility index (Phi) is 5.61. The first kappa shape index (κ1) is 16.3. The summed E-state index contributed by atoms with van der Waals surface area (Å²) in [6, 6.07) is 5.00. The van der Waals surface area contributed by atoms with Crippen LogP contribution >= 0.6 is 0 Å². The zero-order valence-electron chi connectivity index (χ0n) is 12.5. The number of hydrogen-bond donors (Lipinski definition) is 2. The molecule has 1 fully saturated rings. The second-order valence-electron chi connectivity index (χ2n) is 5.50. The molecule has 5 nitrogen and oxygen atoms in total. The second-order valence-corrected chi connectivity index (χ2v) is 7.18. The van der Waals surface area contributed by atoms with Crippen molar-refractivity contribution < 1.29 is 13.2 Å². The number of hydrogen-bond acceptors (Lipinski definition) is 4. The van der Waals surface area contributed by atoms with E-state index in [2.05, 4.69) is 4.72 Å². The van der Waals surface area contributed by atoms with Crippen LogP contribution in [-0.2, 0) is 16.6 Å². The van der Waals surface area contributed by atoms with Gasteiger partial charge in [-0.2, -0.15) is 0 Å². The van der Waals surface area contributed by atoms with Crippen LogP contribution < -0.4 is 15.2 Å². The first-order chi connectivity index (χ1) is 10.1. The topological polar surface area (TPSA) is 81.4 Å². The smallest absolute Gasteiger partial charge is 0.244 e. The Morgan fingerprint density at radius 1 is 1.24 bits per heavy atom. The van der Waals surface area contributed by atoms with Crippen LogP contribution in [0.5, 0.6) is 5.75 Å². The molecule has 2 rings (SSSR count). The maximum absolute atomic E-state index is 12.6. The summed E-state index contributed by atoms with van der Waals surface area (Å²) < 4.78 is 33.2. The van der Waals surface area contributed by atoms with Gasteiger partial charge in [-0.05, 0) is 30.5 Å². The van der Waals surface area contributed by atoms with E-state index in [0.29, 0.717) is 12.3 Å². The van der Waals surface area contributed by atoms with Gasteiger partial charge in [0.15, 0.2) is 0 Å². The molecule has 1 aliphatic rings. The van der Waals surface area contributed by atoms with Gasteiger partial charge in [0.2, 0.25) is 10.0 Å². The third-order valence-corrected chi connectivity index (χ3v) is 5.49. The first-order valence-corrected chi connectivity index (χ1v) is 8.94. The molecule has 0 atom stereocenters. The van der Waals surface area contributed by atoms with Crippen molar-refractivity contribution in [1.29, 1.82) is 0 Å².